The molecule has 0 unspecified atom stereocenters. The summed E-state index contributed by atoms with van der Waals surface area (Å²) in [4.78, 5) is 4.41. The van der Waals surface area contributed by atoms with Crippen LogP contribution in [0, 0.1) is 12.7 Å². The quantitative estimate of drug-likeness (QED) is 0.691. The van der Waals surface area contributed by atoms with Crippen molar-refractivity contribution in [1.29, 1.82) is 0 Å². The molecule has 0 aliphatic carbocycles. The third-order valence-electron chi connectivity index (χ3n) is 4.05. The van der Waals surface area contributed by atoms with Crippen molar-refractivity contribution in [3.63, 3.8) is 0 Å². The second-order valence-electron chi connectivity index (χ2n) is 5.92. The molecule has 3 rings (SSSR count). The first-order valence-electron chi connectivity index (χ1n) is 7.85. The topological polar surface area (TPSA) is 56.3 Å². The van der Waals surface area contributed by atoms with Crippen molar-refractivity contribution in [2.45, 2.75) is 25.2 Å². The van der Waals surface area contributed by atoms with Crippen LogP contribution in [-0.4, -0.2) is 19.7 Å². The largest absolute Gasteiger partial charge is 0.456 e. The molecule has 4 nitrogen and oxygen atoms in total. The van der Waals surface area contributed by atoms with Crippen LogP contribution in [0.2, 0.25) is 0 Å². The van der Waals surface area contributed by atoms with Crippen LogP contribution in [0.3, 0.4) is 0 Å². The van der Waals surface area contributed by atoms with Gasteiger partial charge in [-0.1, -0.05) is 6.92 Å². The monoisotopic (exact) mass is 359 g/mol. The van der Waals surface area contributed by atoms with Crippen molar-refractivity contribution in [3.8, 4) is 11.5 Å². The van der Waals surface area contributed by atoms with Gasteiger partial charge in [0.1, 0.15) is 17.3 Å². The average Bonchev–Trinajstić information content (AvgIpc) is 2.57. The molecule has 0 aliphatic rings. The Labute approximate surface area is 146 Å². The molecular weight excluding hydrogens is 341 g/mol. The van der Waals surface area contributed by atoms with Crippen molar-refractivity contribution in [2.24, 2.45) is 0 Å². The Kier molecular flexibility index (Phi) is 4.47. The molecule has 0 N–H and O–H groups in total. The number of sulfone groups is 1. The number of fused-ring (bicyclic) bond motifs is 1. The smallest absolute Gasteiger partial charge is 0.175 e. The number of aromatic nitrogens is 1. The van der Waals surface area contributed by atoms with Gasteiger partial charge in [-0.2, -0.15) is 0 Å². The summed E-state index contributed by atoms with van der Waals surface area (Å²) in [6, 6.07) is 9.43. The molecule has 0 aliphatic heterocycles. The lowest BCUT2D eigenvalue weighted by Gasteiger charge is -2.13. The van der Waals surface area contributed by atoms with E-state index in [0.29, 0.717) is 34.4 Å². The Bertz CT molecular complexity index is 1060. The van der Waals surface area contributed by atoms with Crippen molar-refractivity contribution in [1.82, 2.24) is 4.98 Å². The van der Waals surface area contributed by atoms with Gasteiger partial charge in [-0.15, -0.1) is 0 Å². The minimum Gasteiger partial charge on any atom is -0.456 e. The van der Waals surface area contributed by atoms with Gasteiger partial charge in [0, 0.05) is 23.9 Å². The van der Waals surface area contributed by atoms with E-state index in [1.165, 1.54) is 18.2 Å². The van der Waals surface area contributed by atoms with Crippen LogP contribution in [0.4, 0.5) is 4.39 Å². The van der Waals surface area contributed by atoms with Crippen LogP contribution in [0.5, 0.6) is 11.5 Å². The maximum atomic E-state index is 14.1. The maximum absolute atomic E-state index is 14.1. The normalized spacial score (nSPS) is 11.7. The SMILES string of the molecule is CCc1cc(C)c(Oc2ccnc3ccc(S(C)(=O)=O)cc23)cc1F. The molecule has 25 heavy (non-hydrogen) atoms. The van der Waals surface area contributed by atoms with Crippen LogP contribution >= 0.6 is 0 Å². The molecule has 2 aromatic carbocycles. The van der Waals surface area contributed by atoms with Crippen molar-refractivity contribution in [3.05, 3.63) is 59.5 Å². The second-order valence-corrected chi connectivity index (χ2v) is 7.94. The number of aryl methyl sites for hydroxylation is 2. The minimum absolute atomic E-state index is 0.182. The fraction of sp³-hybridized carbons (Fsp3) is 0.211. The fourth-order valence-corrected chi connectivity index (χ4v) is 3.29. The molecule has 0 saturated heterocycles. The molecule has 0 spiro atoms. The van der Waals surface area contributed by atoms with E-state index < -0.39 is 9.84 Å². The molecule has 0 bridgehead atoms. The van der Waals surface area contributed by atoms with Gasteiger partial charge in [0.05, 0.1) is 10.4 Å². The molecule has 0 radical (unpaired) electrons. The first-order chi connectivity index (χ1) is 11.8. The van der Waals surface area contributed by atoms with E-state index in [2.05, 4.69) is 4.98 Å². The number of hydrogen-bond donors (Lipinski definition) is 0. The number of benzene rings is 2. The first-order valence-corrected chi connectivity index (χ1v) is 9.74. The highest BCUT2D eigenvalue weighted by Gasteiger charge is 2.13. The number of rotatable bonds is 4. The van der Waals surface area contributed by atoms with Gasteiger partial charge < -0.3 is 4.74 Å². The van der Waals surface area contributed by atoms with E-state index in [0.717, 1.165) is 11.8 Å². The summed E-state index contributed by atoms with van der Waals surface area (Å²) in [6.45, 7) is 3.74. The Morgan fingerprint density at radius 3 is 2.56 bits per heavy atom. The van der Waals surface area contributed by atoms with E-state index in [4.69, 9.17) is 4.74 Å². The third-order valence-corrected chi connectivity index (χ3v) is 5.16. The van der Waals surface area contributed by atoms with Gasteiger partial charge in [-0.05, 0) is 54.8 Å². The lowest BCUT2D eigenvalue weighted by Crippen LogP contribution is -1.98. The van der Waals surface area contributed by atoms with Crippen LogP contribution in [0.15, 0.2) is 47.5 Å². The van der Waals surface area contributed by atoms with Gasteiger partial charge in [0.2, 0.25) is 0 Å². The summed E-state index contributed by atoms with van der Waals surface area (Å²) in [6.07, 6.45) is 3.32. The van der Waals surface area contributed by atoms with Crippen molar-refractivity contribution < 1.29 is 17.5 Å². The van der Waals surface area contributed by atoms with Gasteiger partial charge >= 0.3 is 0 Å². The van der Waals surface area contributed by atoms with Gasteiger partial charge in [0.15, 0.2) is 9.84 Å². The minimum atomic E-state index is -3.35. The lowest BCUT2D eigenvalue weighted by molar-refractivity contribution is 0.476. The Hall–Kier alpha value is -2.47. The third kappa shape index (κ3) is 3.49. The van der Waals surface area contributed by atoms with E-state index >= 15 is 0 Å². The van der Waals surface area contributed by atoms with Gasteiger partial charge in [-0.25, -0.2) is 12.8 Å². The highest BCUT2D eigenvalue weighted by Crippen LogP contribution is 2.33. The lowest BCUT2D eigenvalue weighted by atomic mass is 10.1. The zero-order chi connectivity index (χ0) is 18.2. The van der Waals surface area contributed by atoms with E-state index in [9.17, 15) is 12.8 Å². The van der Waals surface area contributed by atoms with Crippen LogP contribution in [0.1, 0.15) is 18.1 Å². The van der Waals surface area contributed by atoms with Crippen LogP contribution in [-0.2, 0) is 16.3 Å². The molecule has 6 heteroatoms. The molecule has 1 aromatic heterocycles. The molecule has 0 amide bonds. The number of nitrogens with zero attached hydrogens (tertiary/aromatic N) is 1. The van der Waals surface area contributed by atoms with Crippen LogP contribution < -0.4 is 4.74 Å². The van der Waals surface area contributed by atoms with E-state index in [1.54, 1.807) is 24.4 Å². The van der Waals surface area contributed by atoms with Crippen molar-refractivity contribution in [2.75, 3.05) is 6.26 Å². The molecule has 130 valence electrons. The summed E-state index contributed by atoms with van der Waals surface area (Å²) >= 11 is 0. The Morgan fingerprint density at radius 2 is 1.88 bits per heavy atom. The summed E-state index contributed by atoms with van der Waals surface area (Å²) < 4.78 is 43.6. The summed E-state index contributed by atoms with van der Waals surface area (Å²) in [5.74, 6) is 0.507. The zero-order valence-corrected chi connectivity index (χ0v) is 15.0. The predicted molar refractivity (Wildman–Crippen MR) is 95.4 cm³/mol. The van der Waals surface area contributed by atoms with Crippen molar-refractivity contribution >= 4 is 20.7 Å². The Balaban J connectivity index is 2.12. The summed E-state index contributed by atoms with van der Waals surface area (Å²) in [5, 5.41) is 0.560. The van der Waals surface area contributed by atoms with E-state index in [1.807, 2.05) is 13.8 Å². The zero-order valence-electron chi connectivity index (χ0n) is 14.2. The molecule has 0 fully saturated rings. The van der Waals surface area contributed by atoms with Gasteiger partial charge in [0.25, 0.3) is 0 Å². The maximum Gasteiger partial charge on any atom is 0.175 e. The Morgan fingerprint density at radius 1 is 1.12 bits per heavy atom. The standard InChI is InChI=1S/C19H18FNO3S/c1-4-13-9-12(2)19(11-16(13)20)24-18-7-8-21-17-6-5-14(10-15(17)18)25(3,22)23/h5-11H,4H2,1-3H3. The first kappa shape index (κ1) is 17.4. The van der Waals surface area contributed by atoms with Gasteiger partial charge in [-0.3, -0.25) is 4.98 Å². The van der Waals surface area contributed by atoms with E-state index in [-0.39, 0.29) is 10.7 Å². The fourth-order valence-electron chi connectivity index (χ4n) is 2.64. The molecule has 0 saturated carbocycles. The highest BCUT2D eigenvalue weighted by molar-refractivity contribution is 7.90. The predicted octanol–water partition coefficient (Wildman–Crippen LogP) is 4.44. The number of hydrogen-bond acceptors (Lipinski definition) is 4. The number of halogens is 1. The molecule has 1 heterocycles. The second kappa shape index (κ2) is 6.44. The average molecular weight is 359 g/mol. The molecular formula is C19H18FNO3S. The molecule has 0 atom stereocenters. The number of pyridine rings is 1. The summed E-state index contributed by atoms with van der Waals surface area (Å²) in [7, 11) is -3.35. The van der Waals surface area contributed by atoms with Crippen LogP contribution in [0.25, 0.3) is 10.9 Å². The summed E-state index contributed by atoms with van der Waals surface area (Å²) in [5.41, 5.74) is 2.04. The number of ether oxygens (including phenoxy) is 1. The molecule has 3 aromatic rings. The highest BCUT2D eigenvalue weighted by atomic mass is 32.2.